The standard InChI is InChI=1S/C11H12I2N4O2/c1-11(2,3)9(19)17-10-15-7-4(8(18)16-10)5(12)6(13)14-7/h1-3H3,(H3,14,15,16,17,18,19). The summed E-state index contributed by atoms with van der Waals surface area (Å²) in [7, 11) is 0. The van der Waals surface area contributed by atoms with Gasteiger partial charge < -0.3 is 4.98 Å². The van der Waals surface area contributed by atoms with Crippen molar-refractivity contribution in [3.8, 4) is 0 Å². The molecule has 0 unspecified atom stereocenters. The van der Waals surface area contributed by atoms with Crippen LogP contribution in [0.25, 0.3) is 11.0 Å². The molecular formula is C11H12I2N4O2. The van der Waals surface area contributed by atoms with Gasteiger partial charge in [0.25, 0.3) is 5.56 Å². The highest BCUT2D eigenvalue weighted by Crippen LogP contribution is 2.22. The largest absolute Gasteiger partial charge is 0.334 e. The molecule has 19 heavy (non-hydrogen) atoms. The first-order chi connectivity index (χ1) is 8.70. The van der Waals surface area contributed by atoms with Gasteiger partial charge in [0.2, 0.25) is 11.9 Å². The van der Waals surface area contributed by atoms with Gasteiger partial charge in [-0.1, -0.05) is 20.8 Å². The van der Waals surface area contributed by atoms with Gasteiger partial charge in [0.05, 0.1) is 12.7 Å². The smallest absolute Gasteiger partial charge is 0.262 e. The van der Waals surface area contributed by atoms with E-state index in [9.17, 15) is 9.59 Å². The molecular weight excluding hydrogens is 474 g/mol. The first-order valence-electron chi connectivity index (χ1n) is 5.48. The maximum atomic E-state index is 12.0. The number of rotatable bonds is 1. The van der Waals surface area contributed by atoms with E-state index < -0.39 is 5.41 Å². The quantitative estimate of drug-likeness (QED) is 0.542. The topological polar surface area (TPSA) is 90.6 Å². The third-order valence-corrected chi connectivity index (χ3v) is 5.39. The summed E-state index contributed by atoms with van der Waals surface area (Å²) in [4.78, 5) is 33.7. The van der Waals surface area contributed by atoms with E-state index >= 15 is 0 Å². The van der Waals surface area contributed by atoms with Crippen molar-refractivity contribution in [1.82, 2.24) is 15.0 Å². The van der Waals surface area contributed by atoms with Gasteiger partial charge in [-0.15, -0.1) is 0 Å². The fourth-order valence-corrected chi connectivity index (χ4v) is 2.55. The van der Waals surface area contributed by atoms with Crippen molar-refractivity contribution in [2.24, 2.45) is 5.41 Å². The first-order valence-corrected chi connectivity index (χ1v) is 7.64. The molecule has 8 heteroatoms. The number of aromatic nitrogens is 3. The van der Waals surface area contributed by atoms with Gasteiger partial charge in [0, 0.05) is 5.41 Å². The molecule has 2 aromatic heterocycles. The maximum absolute atomic E-state index is 12.0. The molecule has 0 radical (unpaired) electrons. The molecule has 0 saturated carbocycles. The Balaban J connectivity index is 2.48. The Morgan fingerprint density at radius 3 is 2.47 bits per heavy atom. The second-order valence-corrected chi connectivity index (χ2v) is 7.25. The summed E-state index contributed by atoms with van der Waals surface area (Å²) in [5.41, 5.74) is -0.342. The third kappa shape index (κ3) is 2.93. The van der Waals surface area contributed by atoms with E-state index in [-0.39, 0.29) is 17.4 Å². The van der Waals surface area contributed by atoms with E-state index in [4.69, 9.17) is 0 Å². The maximum Gasteiger partial charge on any atom is 0.262 e. The Hall–Kier alpha value is -0.650. The Morgan fingerprint density at radius 2 is 1.89 bits per heavy atom. The second-order valence-electron chi connectivity index (χ2n) is 5.10. The lowest BCUT2D eigenvalue weighted by Gasteiger charge is -2.16. The van der Waals surface area contributed by atoms with E-state index in [1.807, 2.05) is 0 Å². The van der Waals surface area contributed by atoms with Crippen LogP contribution in [0, 0.1) is 12.7 Å². The first kappa shape index (κ1) is 14.8. The molecule has 0 fully saturated rings. The minimum Gasteiger partial charge on any atom is -0.334 e. The summed E-state index contributed by atoms with van der Waals surface area (Å²) in [6, 6.07) is 0. The minimum atomic E-state index is -0.549. The molecule has 3 N–H and O–H groups in total. The predicted molar refractivity (Wildman–Crippen MR) is 90.2 cm³/mol. The van der Waals surface area contributed by atoms with Gasteiger partial charge >= 0.3 is 0 Å². The Labute approximate surface area is 136 Å². The molecule has 1 amide bonds. The van der Waals surface area contributed by atoms with Crippen LogP contribution in [0.3, 0.4) is 0 Å². The van der Waals surface area contributed by atoms with E-state index in [0.29, 0.717) is 11.0 Å². The number of carbonyl (C=O) groups excluding carboxylic acids is 1. The van der Waals surface area contributed by atoms with Crippen LogP contribution < -0.4 is 10.9 Å². The van der Waals surface area contributed by atoms with Crippen molar-refractivity contribution in [2.75, 3.05) is 5.32 Å². The summed E-state index contributed by atoms with van der Waals surface area (Å²) in [5.74, 6) is -0.0441. The van der Waals surface area contributed by atoms with Crippen LogP contribution in [0.1, 0.15) is 20.8 Å². The van der Waals surface area contributed by atoms with Crippen LogP contribution in [0.4, 0.5) is 5.95 Å². The fraction of sp³-hybridized carbons (Fsp3) is 0.364. The third-order valence-electron chi connectivity index (χ3n) is 2.47. The summed E-state index contributed by atoms with van der Waals surface area (Å²) in [5, 5.41) is 3.13. The molecule has 6 nitrogen and oxygen atoms in total. The number of hydrogen-bond donors (Lipinski definition) is 3. The fourth-order valence-electron chi connectivity index (χ4n) is 1.39. The lowest BCUT2D eigenvalue weighted by atomic mass is 9.96. The lowest BCUT2D eigenvalue weighted by molar-refractivity contribution is -0.123. The molecule has 0 bridgehead atoms. The summed E-state index contributed by atoms with van der Waals surface area (Å²) in [6.45, 7) is 5.37. The van der Waals surface area contributed by atoms with Gasteiger partial charge in [0.1, 0.15) is 5.65 Å². The molecule has 2 aromatic rings. The van der Waals surface area contributed by atoms with Crippen molar-refractivity contribution in [2.45, 2.75) is 20.8 Å². The minimum absolute atomic E-state index is 0.159. The number of fused-ring (bicyclic) bond motifs is 1. The number of anilines is 1. The number of hydrogen-bond acceptors (Lipinski definition) is 3. The molecule has 0 aromatic carbocycles. The zero-order valence-electron chi connectivity index (χ0n) is 10.5. The molecule has 102 valence electrons. The molecule has 2 rings (SSSR count). The number of nitrogens with one attached hydrogen (secondary N) is 3. The van der Waals surface area contributed by atoms with Crippen LogP contribution in [-0.4, -0.2) is 20.9 Å². The molecule has 0 aliphatic rings. The van der Waals surface area contributed by atoms with Gasteiger partial charge in [0.15, 0.2) is 0 Å². The monoisotopic (exact) mass is 486 g/mol. The number of carbonyl (C=O) groups is 1. The Kier molecular flexibility index (Phi) is 3.91. The number of aromatic amines is 2. The molecule has 2 heterocycles. The van der Waals surface area contributed by atoms with E-state index in [0.717, 1.165) is 7.27 Å². The van der Waals surface area contributed by atoms with Crippen LogP contribution >= 0.6 is 45.2 Å². The van der Waals surface area contributed by atoms with Crippen LogP contribution in [-0.2, 0) is 4.79 Å². The van der Waals surface area contributed by atoms with Gasteiger partial charge in [-0.2, -0.15) is 4.98 Å². The number of nitrogens with zero attached hydrogens (tertiary/aromatic N) is 1. The Bertz CT molecular complexity index is 712. The summed E-state index contributed by atoms with van der Waals surface area (Å²) in [6.07, 6.45) is 0. The zero-order chi connectivity index (χ0) is 14.4. The number of amides is 1. The molecule has 0 atom stereocenters. The average Bonchev–Trinajstić information content (AvgIpc) is 2.53. The van der Waals surface area contributed by atoms with E-state index in [1.54, 1.807) is 20.8 Å². The van der Waals surface area contributed by atoms with Crippen molar-refractivity contribution in [3.63, 3.8) is 0 Å². The highest BCUT2D eigenvalue weighted by Gasteiger charge is 2.22. The summed E-state index contributed by atoms with van der Waals surface area (Å²) < 4.78 is 1.68. The van der Waals surface area contributed by atoms with Crippen LogP contribution in [0.5, 0.6) is 0 Å². The average molecular weight is 486 g/mol. The van der Waals surface area contributed by atoms with Gasteiger partial charge in [-0.25, -0.2) is 0 Å². The molecule has 0 saturated heterocycles. The van der Waals surface area contributed by atoms with E-state index in [1.165, 1.54) is 0 Å². The Morgan fingerprint density at radius 1 is 1.26 bits per heavy atom. The van der Waals surface area contributed by atoms with Gasteiger partial charge in [-0.05, 0) is 45.2 Å². The normalized spacial score (nSPS) is 11.8. The van der Waals surface area contributed by atoms with Crippen molar-refractivity contribution in [1.29, 1.82) is 0 Å². The van der Waals surface area contributed by atoms with Crippen molar-refractivity contribution >= 4 is 68.1 Å². The van der Waals surface area contributed by atoms with Crippen LogP contribution in [0.15, 0.2) is 4.79 Å². The number of H-pyrrole nitrogens is 2. The molecule has 0 aliphatic carbocycles. The number of halogens is 2. The van der Waals surface area contributed by atoms with Crippen molar-refractivity contribution < 1.29 is 4.79 Å². The highest BCUT2D eigenvalue weighted by molar-refractivity contribution is 14.1. The van der Waals surface area contributed by atoms with Gasteiger partial charge in [-0.3, -0.25) is 19.9 Å². The lowest BCUT2D eigenvalue weighted by Crippen LogP contribution is -2.29. The van der Waals surface area contributed by atoms with E-state index in [2.05, 4.69) is 65.5 Å². The second kappa shape index (κ2) is 5.04. The van der Waals surface area contributed by atoms with Crippen LogP contribution in [0.2, 0.25) is 0 Å². The highest BCUT2D eigenvalue weighted by atomic mass is 127. The molecule has 0 spiro atoms. The SMILES string of the molecule is CC(C)(C)C(=O)Nc1nc2[nH]c(I)c(I)c2c(=O)[nH]1. The molecule has 0 aliphatic heterocycles. The summed E-state index contributed by atoms with van der Waals surface area (Å²) >= 11 is 4.19. The zero-order valence-corrected chi connectivity index (χ0v) is 14.8. The van der Waals surface area contributed by atoms with Crippen molar-refractivity contribution in [3.05, 3.63) is 17.6 Å². The predicted octanol–water partition coefficient (Wildman–Crippen LogP) is 2.44.